The quantitative estimate of drug-likeness (QED) is 0.587. The number of aromatic nitrogens is 1. The van der Waals surface area contributed by atoms with Crippen molar-refractivity contribution in [2.75, 3.05) is 6.26 Å². The van der Waals surface area contributed by atoms with Crippen LogP contribution in [0.2, 0.25) is 0 Å². The lowest BCUT2D eigenvalue weighted by Crippen LogP contribution is -1.75. The minimum absolute atomic E-state index is 0.208. The average molecular weight is 140 g/mol. The van der Waals surface area contributed by atoms with Crippen LogP contribution in [-0.4, -0.2) is 11.2 Å². The summed E-state index contributed by atoms with van der Waals surface area (Å²) in [6, 6.07) is 4.01. The van der Waals surface area contributed by atoms with E-state index < -0.39 is 0 Å². The predicted molar refractivity (Wildman–Crippen MR) is 42.8 cm³/mol. The molecule has 1 nitrogen and oxygen atoms in total. The number of hydrogen-bond acceptors (Lipinski definition) is 1. The third-order valence-corrected chi connectivity index (χ3v) is 2.23. The molecule has 1 rings (SSSR count). The third-order valence-electron chi connectivity index (χ3n) is 1.09. The maximum absolute atomic E-state index is 3.98. The van der Waals surface area contributed by atoms with Gasteiger partial charge in [-0.1, -0.05) is 0 Å². The maximum atomic E-state index is 3.98. The fourth-order valence-corrected chi connectivity index (χ4v) is 1.18. The van der Waals surface area contributed by atoms with Crippen LogP contribution in [0, 0.1) is 6.26 Å². The molecular formula is C7H10NS. The van der Waals surface area contributed by atoms with Gasteiger partial charge in [0.05, 0.1) is 0 Å². The van der Waals surface area contributed by atoms with Crippen LogP contribution in [0.4, 0.5) is 0 Å². The Balaban J connectivity index is 2.85. The van der Waals surface area contributed by atoms with E-state index >= 15 is 0 Å². The van der Waals surface area contributed by atoms with Crippen molar-refractivity contribution in [3.63, 3.8) is 0 Å². The summed E-state index contributed by atoms with van der Waals surface area (Å²) in [6.07, 6.45) is 9.70. The molecule has 0 aliphatic carbocycles. The fourth-order valence-electron chi connectivity index (χ4n) is 0.580. The molecule has 1 heterocycles. The third kappa shape index (κ3) is 1.72. The molecule has 0 aliphatic rings. The lowest BCUT2D eigenvalue weighted by atomic mass is 10.5. The summed E-state index contributed by atoms with van der Waals surface area (Å²) in [4.78, 5) is 5.24. The van der Waals surface area contributed by atoms with E-state index in [1.165, 1.54) is 4.90 Å². The highest BCUT2D eigenvalue weighted by molar-refractivity contribution is 8.17. The van der Waals surface area contributed by atoms with Crippen LogP contribution < -0.4 is 0 Å². The van der Waals surface area contributed by atoms with Crippen molar-refractivity contribution < 1.29 is 0 Å². The molecule has 1 aromatic rings. The van der Waals surface area contributed by atoms with Crippen LogP contribution in [0.1, 0.15) is 0 Å². The molecule has 0 amide bonds. The van der Waals surface area contributed by atoms with Gasteiger partial charge in [0.1, 0.15) is 0 Å². The van der Waals surface area contributed by atoms with Crippen molar-refractivity contribution in [1.29, 1.82) is 0 Å². The van der Waals surface area contributed by atoms with E-state index in [0.717, 1.165) is 0 Å². The van der Waals surface area contributed by atoms with Crippen LogP contribution in [-0.2, 0) is 0 Å². The molecule has 1 radical (unpaired) electrons. The van der Waals surface area contributed by atoms with Crippen LogP contribution in [0.15, 0.2) is 29.4 Å². The second-order valence-corrected chi connectivity index (χ2v) is 3.82. The number of thiol groups is 1. The second-order valence-electron chi connectivity index (χ2n) is 1.91. The Kier molecular flexibility index (Phi) is 2.11. The molecule has 0 saturated carbocycles. The Morgan fingerprint density at radius 2 is 2.44 bits per heavy atom. The molecule has 0 saturated heterocycles. The first-order valence-electron chi connectivity index (χ1n) is 2.75. The van der Waals surface area contributed by atoms with E-state index in [0.29, 0.717) is 0 Å². The summed E-state index contributed by atoms with van der Waals surface area (Å²) < 4.78 is 0. The van der Waals surface area contributed by atoms with Gasteiger partial charge >= 0.3 is 0 Å². The highest BCUT2D eigenvalue weighted by Gasteiger charge is 1.90. The number of hydrogen-bond donors (Lipinski definition) is 1. The Labute approximate surface area is 58.5 Å². The van der Waals surface area contributed by atoms with Gasteiger partial charge in [-0.05, 0) is 24.6 Å². The number of pyridine rings is 1. The summed E-state index contributed by atoms with van der Waals surface area (Å²) in [5.41, 5.74) is 0. The Morgan fingerprint density at radius 1 is 1.67 bits per heavy atom. The number of nitrogens with zero attached hydrogens (tertiary/aromatic N) is 1. The van der Waals surface area contributed by atoms with Crippen LogP contribution >= 0.6 is 10.9 Å². The summed E-state index contributed by atoms with van der Waals surface area (Å²) in [6.45, 7) is 0. The van der Waals surface area contributed by atoms with Crippen LogP contribution in [0.3, 0.4) is 0 Å². The molecule has 1 unspecified atom stereocenters. The Morgan fingerprint density at radius 3 is 2.78 bits per heavy atom. The molecule has 0 fully saturated rings. The minimum Gasteiger partial charge on any atom is -0.264 e. The first-order chi connectivity index (χ1) is 4.30. The van der Waals surface area contributed by atoms with Gasteiger partial charge in [-0.2, -0.15) is 0 Å². The van der Waals surface area contributed by atoms with E-state index in [1.807, 2.05) is 12.3 Å². The summed E-state index contributed by atoms with van der Waals surface area (Å²) in [5, 5.41) is 0. The van der Waals surface area contributed by atoms with Gasteiger partial charge in [0, 0.05) is 17.3 Å². The molecule has 49 valence electrons. The first kappa shape index (κ1) is 6.62. The van der Waals surface area contributed by atoms with Gasteiger partial charge in [0.25, 0.3) is 0 Å². The standard InChI is InChI=1S/C7H10NS/c1-9(2)7-4-3-5-8-6-7/h3-6,9H,1H2,2H3. The van der Waals surface area contributed by atoms with Gasteiger partial charge in [-0.25, -0.2) is 10.9 Å². The van der Waals surface area contributed by atoms with E-state index in [-0.39, 0.29) is 10.9 Å². The number of rotatable bonds is 1. The van der Waals surface area contributed by atoms with Crippen LogP contribution in [0.5, 0.6) is 0 Å². The molecule has 2 heteroatoms. The van der Waals surface area contributed by atoms with E-state index in [9.17, 15) is 0 Å². The monoisotopic (exact) mass is 140 g/mol. The fraction of sp³-hybridized carbons (Fsp3) is 0.143. The van der Waals surface area contributed by atoms with E-state index in [4.69, 9.17) is 0 Å². The van der Waals surface area contributed by atoms with Crippen molar-refractivity contribution in [3.8, 4) is 0 Å². The second kappa shape index (κ2) is 2.87. The highest BCUT2D eigenvalue weighted by Crippen LogP contribution is 2.28. The van der Waals surface area contributed by atoms with Crippen molar-refractivity contribution >= 4 is 10.9 Å². The molecule has 0 spiro atoms. The van der Waals surface area contributed by atoms with E-state index in [2.05, 4.69) is 23.6 Å². The molecule has 0 N–H and O–H groups in total. The lowest BCUT2D eigenvalue weighted by Gasteiger charge is -2.05. The topological polar surface area (TPSA) is 12.9 Å². The van der Waals surface area contributed by atoms with E-state index in [1.54, 1.807) is 6.20 Å². The largest absolute Gasteiger partial charge is 0.264 e. The van der Waals surface area contributed by atoms with Gasteiger partial charge in [0.2, 0.25) is 0 Å². The molecule has 0 bridgehead atoms. The van der Waals surface area contributed by atoms with Gasteiger partial charge in [0.15, 0.2) is 0 Å². The minimum atomic E-state index is -0.208. The summed E-state index contributed by atoms with van der Waals surface area (Å²) in [5.74, 6) is 0. The predicted octanol–water partition coefficient (Wildman–Crippen LogP) is 1.86. The molecular weight excluding hydrogens is 130 g/mol. The highest BCUT2D eigenvalue weighted by atomic mass is 32.2. The Bertz CT molecular complexity index is 172. The molecule has 9 heavy (non-hydrogen) atoms. The molecule has 1 atom stereocenters. The van der Waals surface area contributed by atoms with Crippen LogP contribution in [0.25, 0.3) is 0 Å². The smallest absolute Gasteiger partial charge is 0.0386 e. The lowest BCUT2D eigenvalue weighted by molar-refractivity contribution is 1.24. The normalized spacial score (nSPS) is 11.1. The summed E-state index contributed by atoms with van der Waals surface area (Å²) >= 11 is 0. The Hall–Kier alpha value is -0.500. The van der Waals surface area contributed by atoms with Crippen molar-refractivity contribution in [2.45, 2.75) is 4.90 Å². The molecule has 1 aromatic heterocycles. The molecule has 0 aromatic carbocycles. The zero-order chi connectivity index (χ0) is 6.69. The zero-order valence-electron chi connectivity index (χ0n) is 5.41. The first-order valence-corrected chi connectivity index (χ1v) is 4.72. The van der Waals surface area contributed by atoms with Crippen molar-refractivity contribution in [1.82, 2.24) is 4.98 Å². The zero-order valence-corrected chi connectivity index (χ0v) is 6.31. The average Bonchev–Trinajstić information content (AvgIpc) is 1.90. The maximum Gasteiger partial charge on any atom is 0.0386 e. The van der Waals surface area contributed by atoms with Gasteiger partial charge in [-0.15, -0.1) is 0 Å². The summed E-state index contributed by atoms with van der Waals surface area (Å²) in [7, 11) is -0.208. The molecule has 0 aliphatic heterocycles. The van der Waals surface area contributed by atoms with Gasteiger partial charge < -0.3 is 0 Å². The van der Waals surface area contributed by atoms with Gasteiger partial charge in [-0.3, -0.25) is 4.98 Å². The van der Waals surface area contributed by atoms with Crippen molar-refractivity contribution in [3.05, 3.63) is 30.8 Å². The van der Waals surface area contributed by atoms with Crippen molar-refractivity contribution in [2.24, 2.45) is 0 Å². The SMILES string of the molecule is [CH2][SH](C)c1cccnc1.